The van der Waals surface area contributed by atoms with Crippen LogP contribution in [0.5, 0.6) is 0 Å². The third-order valence-electron chi connectivity index (χ3n) is 2.26. The molecule has 1 aromatic heterocycles. The predicted molar refractivity (Wildman–Crippen MR) is 54.7 cm³/mol. The average molecular weight is 187 g/mol. The van der Waals surface area contributed by atoms with Gasteiger partial charge in [0.15, 0.2) is 11.7 Å². The van der Waals surface area contributed by atoms with E-state index in [9.17, 15) is 9.59 Å². The smallest absolute Gasteiger partial charge is 0.200 e. The quantitative estimate of drug-likeness (QED) is 0.690. The van der Waals surface area contributed by atoms with Crippen molar-refractivity contribution in [3.63, 3.8) is 0 Å². The number of aromatic amines is 1. The minimum absolute atomic E-state index is 0.202. The Kier molecular flexibility index (Phi) is 1.93. The summed E-state index contributed by atoms with van der Waals surface area (Å²) in [6.07, 6.45) is 0.598. The van der Waals surface area contributed by atoms with Gasteiger partial charge in [-0.3, -0.25) is 9.59 Å². The lowest BCUT2D eigenvalue weighted by atomic mass is 10.1. The number of rotatable bonds is 1. The molecule has 0 bridgehead atoms. The molecule has 2 rings (SSSR count). The summed E-state index contributed by atoms with van der Waals surface area (Å²) in [6.45, 7) is 1.72. The van der Waals surface area contributed by atoms with Crippen LogP contribution >= 0.6 is 0 Å². The van der Waals surface area contributed by atoms with Crippen molar-refractivity contribution in [2.45, 2.75) is 6.92 Å². The van der Waals surface area contributed by atoms with Crippen LogP contribution in [0.15, 0.2) is 29.1 Å². The van der Waals surface area contributed by atoms with E-state index in [1.54, 1.807) is 19.1 Å². The van der Waals surface area contributed by atoms with Gasteiger partial charge in [-0.2, -0.15) is 0 Å². The Morgan fingerprint density at radius 1 is 1.29 bits per heavy atom. The van der Waals surface area contributed by atoms with E-state index in [1.165, 1.54) is 0 Å². The van der Waals surface area contributed by atoms with Gasteiger partial charge in [-0.15, -0.1) is 0 Å². The number of pyridine rings is 1. The molecule has 2 aromatic rings. The van der Waals surface area contributed by atoms with E-state index in [0.717, 1.165) is 5.52 Å². The Morgan fingerprint density at radius 2 is 2.00 bits per heavy atom. The van der Waals surface area contributed by atoms with Crippen LogP contribution in [-0.4, -0.2) is 11.3 Å². The van der Waals surface area contributed by atoms with Crippen LogP contribution in [0.25, 0.3) is 10.9 Å². The number of H-pyrrole nitrogens is 1. The lowest BCUT2D eigenvalue weighted by Gasteiger charge is -2.01. The minimum Gasteiger partial charge on any atom is -0.358 e. The van der Waals surface area contributed by atoms with Crippen molar-refractivity contribution in [3.8, 4) is 0 Å². The Balaban J connectivity index is 3.00. The lowest BCUT2D eigenvalue weighted by Crippen LogP contribution is -2.12. The van der Waals surface area contributed by atoms with Gasteiger partial charge in [-0.05, 0) is 19.1 Å². The van der Waals surface area contributed by atoms with E-state index in [-0.39, 0.29) is 11.0 Å². The number of nitrogens with one attached hydrogen (secondary N) is 1. The maximum atomic E-state index is 11.7. The van der Waals surface area contributed by atoms with Crippen LogP contribution in [-0.2, 0) is 0 Å². The molecular weight excluding hydrogens is 178 g/mol. The van der Waals surface area contributed by atoms with Crippen molar-refractivity contribution < 1.29 is 4.79 Å². The summed E-state index contributed by atoms with van der Waals surface area (Å²) in [5.41, 5.74) is 1.39. The fourth-order valence-electron chi connectivity index (χ4n) is 1.52. The van der Waals surface area contributed by atoms with E-state index < -0.39 is 0 Å². The molecule has 3 heteroatoms. The largest absolute Gasteiger partial charge is 0.358 e. The summed E-state index contributed by atoms with van der Waals surface area (Å²) in [5.74, 6) is 0. The van der Waals surface area contributed by atoms with Gasteiger partial charge in [-0.25, -0.2) is 0 Å². The number of aldehydes is 1. The molecule has 0 saturated heterocycles. The monoisotopic (exact) mass is 187 g/mol. The fourth-order valence-corrected chi connectivity index (χ4v) is 1.52. The highest BCUT2D eigenvalue weighted by molar-refractivity contribution is 5.86. The molecule has 0 saturated carbocycles. The number of aromatic nitrogens is 1. The van der Waals surface area contributed by atoms with Crippen LogP contribution in [0.4, 0.5) is 0 Å². The van der Waals surface area contributed by atoms with Crippen LogP contribution in [0.2, 0.25) is 0 Å². The van der Waals surface area contributed by atoms with Crippen molar-refractivity contribution in [3.05, 3.63) is 45.7 Å². The SMILES string of the molecule is Cc1[nH]c2ccccc2c(=O)c1C=O. The molecule has 0 aliphatic rings. The Hall–Kier alpha value is -1.90. The van der Waals surface area contributed by atoms with Gasteiger partial charge in [0.25, 0.3) is 0 Å². The topological polar surface area (TPSA) is 49.9 Å². The van der Waals surface area contributed by atoms with Crippen molar-refractivity contribution in [2.75, 3.05) is 0 Å². The van der Waals surface area contributed by atoms with Gasteiger partial charge < -0.3 is 4.98 Å². The van der Waals surface area contributed by atoms with E-state index in [0.29, 0.717) is 17.4 Å². The Bertz CT molecular complexity index is 555. The standard InChI is InChI=1S/C11H9NO2/c1-7-9(6-13)11(14)8-4-2-3-5-10(8)12-7/h2-6H,1H3,(H,12,14). The first kappa shape index (κ1) is 8.69. The van der Waals surface area contributed by atoms with E-state index in [2.05, 4.69) is 4.98 Å². The summed E-state index contributed by atoms with van der Waals surface area (Å²) in [4.78, 5) is 25.4. The van der Waals surface area contributed by atoms with Crippen molar-refractivity contribution in [1.29, 1.82) is 0 Å². The number of para-hydroxylation sites is 1. The second-order valence-corrected chi connectivity index (χ2v) is 3.16. The number of aryl methyl sites for hydroxylation is 1. The first-order chi connectivity index (χ1) is 6.74. The number of benzene rings is 1. The molecule has 1 aromatic carbocycles. The zero-order valence-corrected chi connectivity index (χ0v) is 7.70. The molecular formula is C11H9NO2. The zero-order valence-electron chi connectivity index (χ0n) is 7.70. The van der Waals surface area contributed by atoms with E-state index >= 15 is 0 Å². The van der Waals surface area contributed by atoms with E-state index in [4.69, 9.17) is 0 Å². The summed E-state index contributed by atoms with van der Waals surface area (Å²) in [7, 11) is 0. The Labute approximate surface area is 80.4 Å². The minimum atomic E-state index is -0.202. The van der Waals surface area contributed by atoms with Crippen LogP contribution in [0.3, 0.4) is 0 Å². The zero-order chi connectivity index (χ0) is 10.1. The Morgan fingerprint density at radius 3 is 2.71 bits per heavy atom. The molecule has 14 heavy (non-hydrogen) atoms. The second-order valence-electron chi connectivity index (χ2n) is 3.16. The average Bonchev–Trinajstić information content (AvgIpc) is 2.18. The second kappa shape index (κ2) is 3.10. The number of hydrogen-bond acceptors (Lipinski definition) is 2. The molecule has 70 valence electrons. The molecule has 1 N–H and O–H groups in total. The maximum Gasteiger partial charge on any atom is 0.200 e. The summed E-state index contributed by atoms with van der Waals surface area (Å²) < 4.78 is 0. The molecule has 0 amide bonds. The van der Waals surface area contributed by atoms with Gasteiger partial charge in [0, 0.05) is 16.6 Å². The summed E-state index contributed by atoms with van der Waals surface area (Å²) in [5, 5.41) is 0.556. The van der Waals surface area contributed by atoms with Gasteiger partial charge in [0.05, 0.1) is 5.56 Å². The molecule has 0 radical (unpaired) electrons. The fraction of sp³-hybridized carbons (Fsp3) is 0.0909. The number of hydrogen-bond donors (Lipinski definition) is 1. The third-order valence-corrected chi connectivity index (χ3v) is 2.26. The maximum absolute atomic E-state index is 11.7. The van der Waals surface area contributed by atoms with Gasteiger partial charge in [0.1, 0.15) is 0 Å². The summed E-state index contributed by atoms with van der Waals surface area (Å²) >= 11 is 0. The number of carbonyl (C=O) groups excluding carboxylic acids is 1. The van der Waals surface area contributed by atoms with Gasteiger partial charge in [-0.1, -0.05) is 12.1 Å². The molecule has 1 heterocycles. The highest BCUT2D eigenvalue weighted by Gasteiger charge is 2.06. The lowest BCUT2D eigenvalue weighted by molar-refractivity contribution is 0.112. The van der Waals surface area contributed by atoms with Crippen LogP contribution in [0.1, 0.15) is 16.1 Å². The first-order valence-electron chi connectivity index (χ1n) is 4.31. The summed E-state index contributed by atoms with van der Waals surface area (Å²) in [6, 6.07) is 7.15. The highest BCUT2D eigenvalue weighted by Crippen LogP contribution is 2.08. The van der Waals surface area contributed by atoms with Crippen LogP contribution in [0, 0.1) is 6.92 Å². The van der Waals surface area contributed by atoms with Gasteiger partial charge in [0.2, 0.25) is 0 Å². The molecule has 0 atom stereocenters. The molecule has 0 aliphatic heterocycles. The molecule has 0 spiro atoms. The predicted octanol–water partition coefficient (Wildman–Crippen LogP) is 1.65. The number of fused-ring (bicyclic) bond motifs is 1. The molecule has 3 nitrogen and oxygen atoms in total. The van der Waals surface area contributed by atoms with Crippen molar-refractivity contribution >= 4 is 17.2 Å². The number of carbonyl (C=O) groups is 1. The van der Waals surface area contributed by atoms with Gasteiger partial charge >= 0.3 is 0 Å². The van der Waals surface area contributed by atoms with Crippen LogP contribution < -0.4 is 5.43 Å². The molecule has 0 fully saturated rings. The molecule has 0 unspecified atom stereocenters. The van der Waals surface area contributed by atoms with E-state index in [1.807, 2.05) is 12.1 Å². The normalized spacial score (nSPS) is 10.4. The first-order valence-corrected chi connectivity index (χ1v) is 4.31. The van der Waals surface area contributed by atoms with Crippen molar-refractivity contribution in [1.82, 2.24) is 4.98 Å². The highest BCUT2D eigenvalue weighted by atomic mass is 16.1. The third kappa shape index (κ3) is 1.14. The molecule has 0 aliphatic carbocycles. The van der Waals surface area contributed by atoms with Crippen molar-refractivity contribution in [2.24, 2.45) is 0 Å².